The third kappa shape index (κ3) is 4.89. The van der Waals surface area contributed by atoms with Crippen LogP contribution in [0.5, 0.6) is 0 Å². The number of unbranched alkanes of at least 4 members (excludes halogenated alkanes) is 3. The second-order valence-corrected chi connectivity index (χ2v) is 4.56. The van der Waals surface area contributed by atoms with Crippen molar-refractivity contribution in [2.75, 3.05) is 19.8 Å². The van der Waals surface area contributed by atoms with Crippen LogP contribution in [0.4, 0.5) is 0 Å². The third-order valence-electron chi connectivity index (χ3n) is 3.00. The smallest absolute Gasteiger partial charge is 0.114 e. The average Bonchev–Trinajstić information content (AvgIpc) is 2.64. The number of aliphatic hydroxyl groups is 3. The third-order valence-corrected chi connectivity index (χ3v) is 3.00. The van der Waals surface area contributed by atoms with Crippen molar-refractivity contribution in [1.29, 1.82) is 0 Å². The summed E-state index contributed by atoms with van der Waals surface area (Å²) >= 11 is 0. The molecule has 0 radical (unpaired) electrons. The molecule has 1 fully saturated rings. The molecule has 0 aliphatic carbocycles. The average molecular weight is 248 g/mol. The highest BCUT2D eigenvalue weighted by molar-refractivity contribution is 4.87. The molecule has 17 heavy (non-hydrogen) atoms. The molecule has 0 spiro atoms. The summed E-state index contributed by atoms with van der Waals surface area (Å²) in [7, 11) is 0. The zero-order valence-corrected chi connectivity index (χ0v) is 10.4. The fourth-order valence-corrected chi connectivity index (χ4v) is 1.89. The van der Waals surface area contributed by atoms with E-state index >= 15 is 0 Å². The van der Waals surface area contributed by atoms with Crippen LogP contribution in [0.2, 0.25) is 0 Å². The fraction of sp³-hybridized carbons (Fsp3) is 1.00. The molecule has 0 aromatic carbocycles. The molecule has 0 unspecified atom stereocenters. The van der Waals surface area contributed by atoms with Crippen molar-refractivity contribution in [3.63, 3.8) is 0 Å². The first-order valence-electron chi connectivity index (χ1n) is 6.40. The molecule has 0 saturated carbocycles. The second kappa shape index (κ2) is 8.00. The standard InChI is InChI=1S/C12H24O5/c1-2-3-4-5-6-16-7-10(14)12-11(15)9(13)8-17-12/h9-15H,2-8H2,1H3/t9-,10+,11+,12+/m0/s1. The zero-order chi connectivity index (χ0) is 12.7. The summed E-state index contributed by atoms with van der Waals surface area (Å²) in [6, 6.07) is 0. The Labute approximate surface area is 102 Å². The lowest BCUT2D eigenvalue weighted by Crippen LogP contribution is -2.40. The maximum atomic E-state index is 9.72. The largest absolute Gasteiger partial charge is 0.388 e. The van der Waals surface area contributed by atoms with Gasteiger partial charge in [0.15, 0.2) is 0 Å². The molecule has 1 heterocycles. The van der Waals surface area contributed by atoms with Gasteiger partial charge in [0.1, 0.15) is 24.4 Å². The maximum absolute atomic E-state index is 9.72. The number of rotatable bonds is 8. The van der Waals surface area contributed by atoms with E-state index in [9.17, 15) is 15.3 Å². The lowest BCUT2D eigenvalue weighted by Gasteiger charge is -2.20. The Hall–Kier alpha value is -0.200. The van der Waals surface area contributed by atoms with Crippen molar-refractivity contribution in [2.45, 2.75) is 57.0 Å². The predicted molar refractivity (Wildman–Crippen MR) is 62.7 cm³/mol. The molecule has 5 nitrogen and oxygen atoms in total. The lowest BCUT2D eigenvalue weighted by molar-refractivity contribution is -0.0813. The van der Waals surface area contributed by atoms with Crippen molar-refractivity contribution in [2.24, 2.45) is 0 Å². The maximum Gasteiger partial charge on any atom is 0.114 e. The van der Waals surface area contributed by atoms with E-state index in [1.54, 1.807) is 0 Å². The molecule has 0 bridgehead atoms. The minimum Gasteiger partial charge on any atom is -0.388 e. The molecule has 1 rings (SSSR count). The van der Waals surface area contributed by atoms with E-state index in [0.717, 1.165) is 12.8 Å². The highest BCUT2D eigenvalue weighted by Crippen LogP contribution is 2.17. The first-order valence-corrected chi connectivity index (χ1v) is 6.40. The minimum absolute atomic E-state index is 0.0688. The predicted octanol–water partition coefficient (Wildman–Crippen LogP) is 0.0648. The van der Waals surface area contributed by atoms with Gasteiger partial charge in [-0.1, -0.05) is 26.2 Å². The van der Waals surface area contributed by atoms with E-state index in [4.69, 9.17) is 9.47 Å². The molecular formula is C12H24O5. The first-order chi connectivity index (χ1) is 8.16. The summed E-state index contributed by atoms with van der Waals surface area (Å²) in [5, 5.41) is 28.5. The van der Waals surface area contributed by atoms with Gasteiger partial charge < -0.3 is 24.8 Å². The van der Waals surface area contributed by atoms with Crippen molar-refractivity contribution in [1.82, 2.24) is 0 Å². The molecule has 0 aromatic heterocycles. The SMILES string of the molecule is CCCCCCOC[C@@H](O)[C@H]1OC[C@H](O)[C@H]1O. The molecule has 1 aliphatic rings. The van der Waals surface area contributed by atoms with Crippen molar-refractivity contribution in [3.05, 3.63) is 0 Å². The Bertz CT molecular complexity index is 199. The molecule has 1 aliphatic heterocycles. The van der Waals surface area contributed by atoms with Crippen LogP contribution in [-0.2, 0) is 9.47 Å². The van der Waals surface area contributed by atoms with Gasteiger partial charge in [0.2, 0.25) is 0 Å². The van der Waals surface area contributed by atoms with Crippen LogP contribution in [0, 0.1) is 0 Å². The number of hydrogen-bond acceptors (Lipinski definition) is 5. The molecule has 4 atom stereocenters. The van der Waals surface area contributed by atoms with Crippen LogP contribution in [0.1, 0.15) is 32.6 Å². The van der Waals surface area contributed by atoms with Gasteiger partial charge in [0.25, 0.3) is 0 Å². The van der Waals surface area contributed by atoms with Crippen molar-refractivity contribution in [3.8, 4) is 0 Å². The summed E-state index contributed by atoms with van der Waals surface area (Å²) in [4.78, 5) is 0. The fourth-order valence-electron chi connectivity index (χ4n) is 1.89. The van der Waals surface area contributed by atoms with E-state index in [2.05, 4.69) is 6.92 Å². The Morgan fingerprint density at radius 2 is 2.06 bits per heavy atom. The van der Waals surface area contributed by atoms with E-state index in [0.29, 0.717) is 6.61 Å². The topological polar surface area (TPSA) is 79.2 Å². The Morgan fingerprint density at radius 1 is 1.29 bits per heavy atom. The summed E-state index contributed by atoms with van der Waals surface area (Å²) in [5.74, 6) is 0. The van der Waals surface area contributed by atoms with Gasteiger partial charge in [-0.3, -0.25) is 0 Å². The molecule has 1 saturated heterocycles. The first kappa shape index (κ1) is 14.9. The monoisotopic (exact) mass is 248 g/mol. The summed E-state index contributed by atoms with van der Waals surface area (Å²) in [5.41, 5.74) is 0. The number of aliphatic hydroxyl groups excluding tert-OH is 3. The molecule has 0 amide bonds. The number of hydrogen-bond donors (Lipinski definition) is 3. The summed E-state index contributed by atoms with van der Waals surface area (Å²) in [6.07, 6.45) is 0.956. The zero-order valence-electron chi connectivity index (χ0n) is 10.4. The Kier molecular flexibility index (Phi) is 6.99. The van der Waals surface area contributed by atoms with Gasteiger partial charge in [-0.25, -0.2) is 0 Å². The molecule has 0 aromatic rings. The van der Waals surface area contributed by atoms with Crippen LogP contribution < -0.4 is 0 Å². The lowest BCUT2D eigenvalue weighted by atomic mass is 10.1. The van der Waals surface area contributed by atoms with Crippen LogP contribution in [0.3, 0.4) is 0 Å². The van der Waals surface area contributed by atoms with Gasteiger partial charge in [-0.15, -0.1) is 0 Å². The normalized spacial score (nSPS) is 30.7. The van der Waals surface area contributed by atoms with E-state index in [1.807, 2.05) is 0 Å². The van der Waals surface area contributed by atoms with E-state index in [-0.39, 0.29) is 13.2 Å². The Balaban J connectivity index is 2.07. The van der Waals surface area contributed by atoms with Gasteiger partial charge in [0.05, 0.1) is 13.2 Å². The van der Waals surface area contributed by atoms with Crippen LogP contribution >= 0.6 is 0 Å². The molecular weight excluding hydrogens is 224 g/mol. The summed E-state index contributed by atoms with van der Waals surface area (Å²) < 4.78 is 10.4. The van der Waals surface area contributed by atoms with Crippen LogP contribution in [-0.4, -0.2) is 59.6 Å². The molecule has 5 heteroatoms. The highest BCUT2D eigenvalue weighted by atomic mass is 16.5. The Morgan fingerprint density at radius 3 is 2.65 bits per heavy atom. The van der Waals surface area contributed by atoms with Gasteiger partial charge in [-0.2, -0.15) is 0 Å². The van der Waals surface area contributed by atoms with Crippen LogP contribution in [0.25, 0.3) is 0 Å². The molecule has 102 valence electrons. The number of ether oxygens (including phenoxy) is 2. The second-order valence-electron chi connectivity index (χ2n) is 4.56. The molecule has 3 N–H and O–H groups in total. The minimum atomic E-state index is -1.02. The highest BCUT2D eigenvalue weighted by Gasteiger charge is 2.39. The van der Waals surface area contributed by atoms with Gasteiger partial charge >= 0.3 is 0 Å². The van der Waals surface area contributed by atoms with Crippen molar-refractivity contribution >= 4 is 0 Å². The quantitative estimate of drug-likeness (QED) is 0.530. The van der Waals surface area contributed by atoms with E-state index in [1.165, 1.54) is 12.8 Å². The van der Waals surface area contributed by atoms with Crippen LogP contribution in [0.15, 0.2) is 0 Å². The van der Waals surface area contributed by atoms with Crippen molar-refractivity contribution < 1.29 is 24.8 Å². The van der Waals surface area contributed by atoms with E-state index < -0.39 is 24.4 Å². The van der Waals surface area contributed by atoms with Gasteiger partial charge in [0, 0.05) is 6.61 Å². The summed E-state index contributed by atoms with van der Waals surface area (Å²) in [6.45, 7) is 2.97. The van der Waals surface area contributed by atoms with Gasteiger partial charge in [-0.05, 0) is 6.42 Å².